The van der Waals surface area contributed by atoms with Crippen molar-refractivity contribution in [1.82, 2.24) is 0 Å². The van der Waals surface area contributed by atoms with Crippen LogP contribution in [0.1, 0.15) is 11.1 Å². The van der Waals surface area contributed by atoms with E-state index in [-0.39, 0.29) is 12.5 Å². The molecule has 0 atom stereocenters. The quantitative estimate of drug-likeness (QED) is 0.906. The van der Waals surface area contributed by atoms with Gasteiger partial charge >= 0.3 is 0 Å². The van der Waals surface area contributed by atoms with Crippen LogP contribution in [-0.4, -0.2) is 12.5 Å². The fraction of sp³-hybridized carbons (Fsp3) is 0.188. The van der Waals surface area contributed by atoms with Crippen molar-refractivity contribution >= 4 is 23.4 Å². The maximum Gasteiger partial charge on any atom is 0.238 e. The number of benzene rings is 2. The largest absolute Gasteiger partial charge is 0.325 e. The van der Waals surface area contributed by atoms with Crippen molar-refractivity contribution in [1.29, 1.82) is 0 Å². The molecule has 2 aromatic rings. The summed E-state index contributed by atoms with van der Waals surface area (Å²) in [5.41, 5.74) is 8.57. The number of hydrogen-bond donors (Lipinski definition) is 2. The zero-order valence-electron chi connectivity index (χ0n) is 11.6. The minimum Gasteiger partial charge on any atom is -0.325 e. The summed E-state index contributed by atoms with van der Waals surface area (Å²) in [7, 11) is 0. The fourth-order valence-corrected chi connectivity index (χ4v) is 3.07. The Morgan fingerprint density at radius 1 is 1.10 bits per heavy atom. The van der Waals surface area contributed by atoms with Gasteiger partial charge in [0.1, 0.15) is 0 Å². The van der Waals surface area contributed by atoms with E-state index < -0.39 is 0 Å². The Hall–Kier alpha value is -1.78. The monoisotopic (exact) mass is 286 g/mol. The molecular formula is C16H18N2OS. The van der Waals surface area contributed by atoms with Crippen LogP contribution in [0.25, 0.3) is 0 Å². The van der Waals surface area contributed by atoms with Crippen LogP contribution >= 0.6 is 11.8 Å². The zero-order chi connectivity index (χ0) is 14.5. The second kappa shape index (κ2) is 6.59. The molecule has 0 aliphatic rings. The lowest BCUT2D eigenvalue weighted by Crippen LogP contribution is -2.21. The average Bonchev–Trinajstić information content (AvgIpc) is 2.37. The number of hydrogen-bond acceptors (Lipinski definition) is 3. The Morgan fingerprint density at radius 2 is 1.80 bits per heavy atom. The SMILES string of the molecule is Cc1cc(C)cc(Sc2cccc(NC(=O)CN)c2)c1. The first-order valence-electron chi connectivity index (χ1n) is 6.43. The Balaban J connectivity index is 2.17. The van der Waals surface area contributed by atoms with E-state index in [2.05, 4.69) is 37.4 Å². The normalized spacial score (nSPS) is 10.3. The van der Waals surface area contributed by atoms with Crippen LogP contribution in [-0.2, 0) is 4.79 Å². The highest BCUT2D eigenvalue weighted by Crippen LogP contribution is 2.30. The molecule has 0 saturated carbocycles. The Labute approximate surface area is 123 Å². The fourth-order valence-electron chi connectivity index (χ4n) is 1.98. The van der Waals surface area contributed by atoms with Crippen LogP contribution in [0.3, 0.4) is 0 Å². The standard InChI is InChI=1S/C16H18N2OS/c1-11-6-12(2)8-15(7-11)20-14-5-3-4-13(9-14)18-16(19)10-17/h3-9H,10,17H2,1-2H3,(H,18,19). The summed E-state index contributed by atoms with van der Waals surface area (Å²) < 4.78 is 0. The lowest BCUT2D eigenvalue weighted by molar-refractivity contribution is -0.114. The summed E-state index contributed by atoms with van der Waals surface area (Å²) in [6, 6.07) is 14.2. The first kappa shape index (κ1) is 14.6. The maximum atomic E-state index is 11.3. The molecule has 0 bridgehead atoms. The molecule has 0 heterocycles. The third-order valence-electron chi connectivity index (χ3n) is 2.73. The summed E-state index contributed by atoms with van der Waals surface area (Å²) in [5.74, 6) is -0.182. The molecule has 0 spiro atoms. The third kappa shape index (κ3) is 4.11. The summed E-state index contributed by atoms with van der Waals surface area (Å²) in [6.07, 6.45) is 0. The smallest absolute Gasteiger partial charge is 0.238 e. The molecule has 0 radical (unpaired) electrons. The van der Waals surface area contributed by atoms with Gasteiger partial charge in [0.15, 0.2) is 0 Å². The second-order valence-electron chi connectivity index (χ2n) is 4.71. The van der Waals surface area contributed by atoms with Gasteiger partial charge in [-0.2, -0.15) is 0 Å². The third-order valence-corrected chi connectivity index (χ3v) is 3.70. The Kier molecular flexibility index (Phi) is 4.82. The molecule has 0 aliphatic carbocycles. The molecule has 0 unspecified atom stereocenters. The molecule has 104 valence electrons. The number of aryl methyl sites for hydroxylation is 2. The minimum absolute atomic E-state index is 0.00551. The number of carbonyl (C=O) groups excluding carboxylic acids is 1. The van der Waals surface area contributed by atoms with E-state index in [0.29, 0.717) is 0 Å². The predicted octanol–water partition coefficient (Wildman–Crippen LogP) is 3.35. The maximum absolute atomic E-state index is 11.3. The molecule has 0 aliphatic heterocycles. The van der Waals surface area contributed by atoms with Crippen molar-refractivity contribution in [3.63, 3.8) is 0 Å². The molecule has 0 fully saturated rings. The van der Waals surface area contributed by atoms with Gasteiger partial charge in [0.2, 0.25) is 5.91 Å². The molecule has 4 heteroatoms. The number of carbonyl (C=O) groups is 1. The van der Waals surface area contributed by atoms with Gasteiger partial charge in [-0.3, -0.25) is 4.79 Å². The van der Waals surface area contributed by atoms with Gasteiger partial charge in [0.25, 0.3) is 0 Å². The first-order valence-corrected chi connectivity index (χ1v) is 7.24. The molecule has 0 saturated heterocycles. The van der Waals surface area contributed by atoms with Gasteiger partial charge in [-0.05, 0) is 55.3 Å². The van der Waals surface area contributed by atoms with E-state index >= 15 is 0 Å². The van der Waals surface area contributed by atoms with Crippen molar-refractivity contribution in [3.05, 3.63) is 53.6 Å². The van der Waals surface area contributed by atoms with Gasteiger partial charge in [-0.25, -0.2) is 0 Å². The van der Waals surface area contributed by atoms with Gasteiger partial charge in [0, 0.05) is 15.5 Å². The highest BCUT2D eigenvalue weighted by molar-refractivity contribution is 7.99. The summed E-state index contributed by atoms with van der Waals surface area (Å²) in [5, 5.41) is 2.76. The van der Waals surface area contributed by atoms with Gasteiger partial charge in [0.05, 0.1) is 6.54 Å². The summed E-state index contributed by atoms with van der Waals surface area (Å²) >= 11 is 1.68. The Bertz CT molecular complexity index is 605. The van der Waals surface area contributed by atoms with Crippen molar-refractivity contribution in [2.45, 2.75) is 23.6 Å². The van der Waals surface area contributed by atoms with E-state index in [1.165, 1.54) is 16.0 Å². The number of anilines is 1. The number of nitrogens with one attached hydrogen (secondary N) is 1. The average molecular weight is 286 g/mol. The van der Waals surface area contributed by atoms with Crippen molar-refractivity contribution in [2.24, 2.45) is 5.73 Å². The molecule has 0 aromatic heterocycles. The Morgan fingerprint density at radius 3 is 2.45 bits per heavy atom. The predicted molar refractivity (Wildman–Crippen MR) is 84.2 cm³/mol. The first-order chi connectivity index (χ1) is 9.56. The van der Waals surface area contributed by atoms with E-state index in [9.17, 15) is 4.79 Å². The van der Waals surface area contributed by atoms with Crippen LogP contribution in [0, 0.1) is 13.8 Å². The van der Waals surface area contributed by atoms with E-state index in [4.69, 9.17) is 5.73 Å². The van der Waals surface area contributed by atoms with Crippen LogP contribution in [0.4, 0.5) is 5.69 Å². The number of amides is 1. The van der Waals surface area contributed by atoms with Crippen LogP contribution in [0.2, 0.25) is 0 Å². The molecule has 3 N–H and O–H groups in total. The van der Waals surface area contributed by atoms with E-state index in [0.717, 1.165) is 10.6 Å². The minimum atomic E-state index is -0.182. The molecule has 1 amide bonds. The van der Waals surface area contributed by atoms with Gasteiger partial charge in [-0.1, -0.05) is 23.9 Å². The summed E-state index contributed by atoms with van der Waals surface area (Å²) in [6.45, 7) is 4.18. The molecular weight excluding hydrogens is 268 g/mol. The lowest BCUT2D eigenvalue weighted by Gasteiger charge is -2.08. The number of nitrogens with two attached hydrogens (primary N) is 1. The molecule has 2 aromatic carbocycles. The number of rotatable bonds is 4. The molecule has 2 rings (SSSR count). The van der Waals surface area contributed by atoms with Gasteiger partial charge < -0.3 is 11.1 Å². The van der Waals surface area contributed by atoms with E-state index in [1.807, 2.05) is 24.3 Å². The van der Waals surface area contributed by atoms with Crippen molar-refractivity contribution in [3.8, 4) is 0 Å². The zero-order valence-corrected chi connectivity index (χ0v) is 12.5. The van der Waals surface area contributed by atoms with Crippen LogP contribution in [0.15, 0.2) is 52.3 Å². The molecule has 3 nitrogen and oxygen atoms in total. The van der Waals surface area contributed by atoms with Gasteiger partial charge in [-0.15, -0.1) is 0 Å². The summed E-state index contributed by atoms with van der Waals surface area (Å²) in [4.78, 5) is 13.6. The van der Waals surface area contributed by atoms with Crippen LogP contribution < -0.4 is 11.1 Å². The molecule has 20 heavy (non-hydrogen) atoms. The van der Waals surface area contributed by atoms with E-state index in [1.54, 1.807) is 11.8 Å². The van der Waals surface area contributed by atoms with Crippen LogP contribution in [0.5, 0.6) is 0 Å². The highest BCUT2D eigenvalue weighted by atomic mass is 32.2. The highest BCUT2D eigenvalue weighted by Gasteiger charge is 2.03. The topological polar surface area (TPSA) is 55.1 Å². The van der Waals surface area contributed by atoms with Crippen molar-refractivity contribution < 1.29 is 4.79 Å². The lowest BCUT2D eigenvalue weighted by atomic mass is 10.2. The van der Waals surface area contributed by atoms with Crippen molar-refractivity contribution in [2.75, 3.05) is 11.9 Å². The second-order valence-corrected chi connectivity index (χ2v) is 5.85.